The lowest BCUT2D eigenvalue weighted by molar-refractivity contribution is 0.737. The third-order valence-corrected chi connectivity index (χ3v) is 3.99. The minimum atomic E-state index is 0.00527. The number of aryl methyl sites for hydroxylation is 2. The SMILES string of the molecule is Cc1ccccc1CSCCn1cc(N)ccc1=O. The van der Waals surface area contributed by atoms with Gasteiger partial charge >= 0.3 is 0 Å². The number of benzene rings is 1. The molecule has 0 saturated carbocycles. The molecule has 0 aliphatic rings. The molecule has 2 aromatic rings. The second-order valence-electron chi connectivity index (χ2n) is 4.47. The van der Waals surface area contributed by atoms with Crippen molar-refractivity contribution in [2.75, 3.05) is 11.5 Å². The van der Waals surface area contributed by atoms with E-state index in [-0.39, 0.29) is 5.56 Å². The first-order chi connectivity index (χ1) is 9.16. The number of hydrogen-bond acceptors (Lipinski definition) is 3. The summed E-state index contributed by atoms with van der Waals surface area (Å²) >= 11 is 1.83. The number of hydrogen-bond donors (Lipinski definition) is 1. The van der Waals surface area contributed by atoms with E-state index in [1.807, 2.05) is 11.8 Å². The van der Waals surface area contributed by atoms with E-state index in [0.717, 1.165) is 11.5 Å². The zero-order valence-corrected chi connectivity index (χ0v) is 11.8. The average Bonchev–Trinajstić information content (AvgIpc) is 2.40. The molecule has 0 saturated heterocycles. The van der Waals surface area contributed by atoms with Crippen LogP contribution in [0.1, 0.15) is 11.1 Å². The maximum absolute atomic E-state index is 11.6. The number of pyridine rings is 1. The molecule has 2 rings (SSSR count). The quantitative estimate of drug-likeness (QED) is 0.853. The number of nitrogens with two attached hydrogens (primary N) is 1. The van der Waals surface area contributed by atoms with Crippen molar-refractivity contribution in [3.8, 4) is 0 Å². The fourth-order valence-electron chi connectivity index (χ4n) is 1.84. The van der Waals surface area contributed by atoms with E-state index < -0.39 is 0 Å². The van der Waals surface area contributed by atoms with Crippen LogP contribution in [0.2, 0.25) is 0 Å². The molecule has 2 N–H and O–H groups in total. The Kier molecular flexibility index (Phi) is 4.68. The topological polar surface area (TPSA) is 48.0 Å². The first-order valence-corrected chi connectivity index (χ1v) is 7.40. The molecule has 0 spiro atoms. The van der Waals surface area contributed by atoms with Crippen molar-refractivity contribution >= 4 is 17.4 Å². The van der Waals surface area contributed by atoms with E-state index in [9.17, 15) is 4.79 Å². The molecule has 1 aromatic carbocycles. The maximum atomic E-state index is 11.6. The van der Waals surface area contributed by atoms with Crippen LogP contribution in [0.25, 0.3) is 0 Å². The Hall–Kier alpha value is -1.68. The lowest BCUT2D eigenvalue weighted by Gasteiger charge is -2.07. The molecule has 19 heavy (non-hydrogen) atoms. The zero-order chi connectivity index (χ0) is 13.7. The van der Waals surface area contributed by atoms with Gasteiger partial charge in [-0.3, -0.25) is 4.79 Å². The van der Waals surface area contributed by atoms with Crippen molar-refractivity contribution in [2.45, 2.75) is 19.2 Å². The molecule has 0 atom stereocenters. The van der Waals surface area contributed by atoms with Crippen LogP contribution in [-0.2, 0) is 12.3 Å². The second kappa shape index (κ2) is 6.48. The van der Waals surface area contributed by atoms with Gasteiger partial charge < -0.3 is 10.3 Å². The van der Waals surface area contributed by atoms with Gasteiger partial charge in [-0.05, 0) is 24.1 Å². The summed E-state index contributed by atoms with van der Waals surface area (Å²) in [6, 6.07) is 11.5. The Morgan fingerprint density at radius 3 is 2.79 bits per heavy atom. The summed E-state index contributed by atoms with van der Waals surface area (Å²) in [6.07, 6.45) is 1.71. The van der Waals surface area contributed by atoms with E-state index in [4.69, 9.17) is 5.73 Å². The minimum Gasteiger partial charge on any atom is -0.398 e. The molecule has 0 fully saturated rings. The predicted molar refractivity (Wildman–Crippen MR) is 82.5 cm³/mol. The number of rotatable bonds is 5. The zero-order valence-electron chi connectivity index (χ0n) is 11.0. The Balaban J connectivity index is 1.86. The molecule has 1 heterocycles. The van der Waals surface area contributed by atoms with Crippen molar-refractivity contribution in [1.82, 2.24) is 4.57 Å². The Morgan fingerprint density at radius 2 is 2.00 bits per heavy atom. The highest BCUT2D eigenvalue weighted by molar-refractivity contribution is 7.98. The molecular weight excluding hydrogens is 256 g/mol. The van der Waals surface area contributed by atoms with Crippen molar-refractivity contribution < 1.29 is 0 Å². The van der Waals surface area contributed by atoms with E-state index in [0.29, 0.717) is 12.2 Å². The van der Waals surface area contributed by atoms with Gasteiger partial charge in [0.05, 0.1) is 0 Å². The van der Waals surface area contributed by atoms with Crippen LogP contribution >= 0.6 is 11.8 Å². The number of anilines is 1. The molecule has 0 aliphatic carbocycles. The van der Waals surface area contributed by atoms with Crippen LogP contribution in [0.5, 0.6) is 0 Å². The highest BCUT2D eigenvalue weighted by Crippen LogP contribution is 2.15. The van der Waals surface area contributed by atoms with Crippen molar-refractivity contribution in [2.24, 2.45) is 0 Å². The standard InChI is InChI=1S/C15H18N2OS/c1-12-4-2-3-5-13(12)11-19-9-8-17-10-14(16)6-7-15(17)18/h2-7,10H,8-9,11,16H2,1H3. The van der Waals surface area contributed by atoms with Crippen molar-refractivity contribution in [1.29, 1.82) is 0 Å². The first-order valence-electron chi connectivity index (χ1n) is 6.25. The van der Waals surface area contributed by atoms with Crippen molar-refractivity contribution in [3.05, 3.63) is 64.1 Å². The van der Waals surface area contributed by atoms with E-state index in [1.54, 1.807) is 16.8 Å². The van der Waals surface area contributed by atoms with Gasteiger partial charge in [0.1, 0.15) is 0 Å². The van der Waals surface area contributed by atoms with Gasteiger partial charge in [-0.1, -0.05) is 24.3 Å². The molecule has 0 amide bonds. The fourth-order valence-corrected chi connectivity index (χ4v) is 2.86. The molecule has 0 unspecified atom stereocenters. The Bertz CT molecular complexity index is 607. The van der Waals surface area contributed by atoms with Crippen LogP contribution < -0.4 is 11.3 Å². The van der Waals surface area contributed by atoms with Gasteiger partial charge in [-0.2, -0.15) is 11.8 Å². The van der Waals surface area contributed by atoms with Gasteiger partial charge in [-0.25, -0.2) is 0 Å². The van der Waals surface area contributed by atoms with Gasteiger partial charge in [0.15, 0.2) is 0 Å². The predicted octanol–water partition coefficient (Wildman–Crippen LogP) is 2.67. The number of nitrogens with zero attached hydrogens (tertiary/aromatic N) is 1. The number of thioether (sulfide) groups is 1. The second-order valence-corrected chi connectivity index (χ2v) is 5.58. The van der Waals surface area contributed by atoms with E-state index in [2.05, 4.69) is 31.2 Å². The lowest BCUT2D eigenvalue weighted by atomic mass is 10.1. The maximum Gasteiger partial charge on any atom is 0.250 e. The number of nitrogen functional groups attached to an aromatic ring is 1. The largest absolute Gasteiger partial charge is 0.398 e. The lowest BCUT2D eigenvalue weighted by Crippen LogP contribution is -2.19. The monoisotopic (exact) mass is 274 g/mol. The molecule has 0 bridgehead atoms. The molecule has 1 aromatic heterocycles. The highest BCUT2D eigenvalue weighted by atomic mass is 32.2. The normalized spacial score (nSPS) is 10.6. The third-order valence-electron chi connectivity index (χ3n) is 3.00. The summed E-state index contributed by atoms with van der Waals surface area (Å²) in [6.45, 7) is 2.82. The van der Waals surface area contributed by atoms with Crippen LogP contribution in [0.15, 0.2) is 47.4 Å². The van der Waals surface area contributed by atoms with Gasteiger partial charge in [0.25, 0.3) is 5.56 Å². The molecule has 4 heteroatoms. The molecule has 0 radical (unpaired) electrons. The first kappa shape index (κ1) is 13.7. The minimum absolute atomic E-state index is 0.00527. The third kappa shape index (κ3) is 3.89. The van der Waals surface area contributed by atoms with Crippen LogP contribution in [0, 0.1) is 6.92 Å². The summed E-state index contributed by atoms with van der Waals surface area (Å²) in [5, 5.41) is 0. The van der Waals surface area contributed by atoms with Crippen LogP contribution in [0.3, 0.4) is 0 Å². The van der Waals surface area contributed by atoms with E-state index in [1.165, 1.54) is 17.2 Å². The molecule has 100 valence electrons. The van der Waals surface area contributed by atoms with Crippen LogP contribution in [-0.4, -0.2) is 10.3 Å². The van der Waals surface area contributed by atoms with Gasteiger partial charge in [-0.15, -0.1) is 0 Å². The smallest absolute Gasteiger partial charge is 0.250 e. The van der Waals surface area contributed by atoms with Gasteiger partial charge in [0, 0.05) is 36.0 Å². The summed E-state index contributed by atoms with van der Waals surface area (Å²) in [5.74, 6) is 1.88. The molecule has 0 aliphatic heterocycles. The summed E-state index contributed by atoms with van der Waals surface area (Å²) in [5.41, 5.74) is 8.98. The Morgan fingerprint density at radius 1 is 1.21 bits per heavy atom. The van der Waals surface area contributed by atoms with Crippen molar-refractivity contribution in [3.63, 3.8) is 0 Å². The fraction of sp³-hybridized carbons (Fsp3) is 0.267. The summed E-state index contributed by atoms with van der Waals surface area (Å²) in [4.78, 5) is 11.6. The highest BCUT2D eigenvalue weighted by Gasteiger charge is 1.99. The number of aromatic nitrogens is 1. The summed E-state index contributed by atoms with van der Waals surface area (Å²) in [7, 11) is 0. The molecule has 3 nitrogen and oxygen atoms in total. The van der Waals surface area contributed by atoms with Crippen LogP contribution in [0.4, 0.5) is 5.69 Å². The average molecular weight is 274 g/mol. The Labute approximate surface area is 117 Å². The summed E-state index contributed by atoms with van der Waals surface area (Å²) < 4.78 is 1.67. The molecular formula is C15H18N2OS. The van der Waals surface area contributed by atoms with E-state index >= 15 is 0 Å². The van der Waals surface area contributed by atoms with Gasteiger partial charge in [0.2, 0.25) is 0 Å².